The van der Waals surface area contributed by atoms with Gasteiger partial charge < -0.3 is 5.11 Å². The molecule has 37 heavy (non-hydrogen) atoms. The van der Waals surface area contributed by atoms with Crippen LogP contribution in [0.3, 0.4) is 0 Å². The molecule has 0 spiro atoms. The van der Waals surface area contributed by atoms with Crippen molar-refractivity contribution in [2.45, 2.75) is 36.0 Å². The van der Waals surface area contributed by atoms with Gasteiger partial charge in [-0.05, 0) is 13.8 Å². The number of halogens is 2. The van der Waals surface area contributed by atoms with Crippen LogP contribution in [0.1, 0.15) is 46.2 Å². The first-order chi connectivity index (χ1) is 17.8. The van der Waals surface area contributed by atoms with Crippen LogP contribution < -0.4 is 30.8 Å². The van der Waals surface area contributed by atoms with Gasteiger partial charge in [-0.15, -0.1) is 0 Å². The van der Waals surface area contributed by atoms with E-state index in [-0.39, 0.29) is 12.6 Å². The number of alkyl halides is 2. The van der Waals surface area contributed by atoms with Crippen molar-refractivity contribution in [2.24, 2.45) is 0 Å². The molecule has 6 nitrogen and oxygen atoms in total. The number of rotatable bonds is 8. The number of hydrogen-bond donors (Lipinski definition) is 1. The predicted octanol–water partition coefficient (Wildman–Crippen LogP) is 1.96. The fraction of sp³-hybridized carbons (Fsp3) is 0.379. The quantitative estimate of drug-likeness (QED) is 0.304. The van der Waals surface area contributed by atoms with Gasteiger partial charge in [-0.1, -0.05) is 0 Å². The third-order valence-corrected chi connectivity index (χ3v) is 9.40. The number of piperazine rings is 1. The maximum absolute atomic E-state index is 9.99. The third-order valence-electron chi connectivity index (χ3n) is 6.62. The zero-order valence-corrected chi connectivity index (χ0v) is 24.0. The summed E-state index contributed by atoms with van der Waals surface area (Å²) in [5, 5.41) is 19.7. The number of ether oxygens (including phenoxy) is 1. The van der Waals surface area contributed by atoms with Crippen LogP contribution in [0.2, 0.25) is 5.02 Å². The van der Waals surface area contributed by atoms with Crippen LogP contribution in [0.4, 0.5) is 5.69 Å². The molecule has 1 unspecified atom stereocenters. The molecule has 0 amide bonds. The fourth-order valence-corrected chi connectivity index (χ4v) is 6.56. The van der Waals surface area contributed by atoms with Crippen molar-refractivity contribution in [3.63, 3.8) is 0 Å². The van der Waals surface area contributed by atoms with E-state index in [1.165, 1.54) is 15.6 Å². The van der Waals surface area contributed by atoms with Crippen molar-refractivity contribution in [1.29, 1.82) is 5.26 Å². The number of aliphatic hydroxyl groups is 1. The molecule has 2 aliphatic rings. The molecule has 1 N–H and O–H groups in total. The average molecular weight is 630 g/mol. The minimum atomic E-state index is -0.912. The molecular formula is C29H31ClIN4O2-. The van der Waals surface area contributed by atoms with E-state index in [4.69, 9.17) is 21.6 Å². The molecule has 0 bridgehead atoms. The summed E-state index contributed by atoms with van der Waals surface area (Å²) in [6.07, 6.45) is 1.64. The van der Waals surface area contributed by atoms with Crippen molar-refractivity contribution >= 4 is 17.3 Å². The number of aromatic nitrogens is 1. The third kappa shape index (κ3) is 6.74. The number of anilines is 1. The zero-order valence-electron chi connectivity index (χ0n) is 21.1. The molecule has 2 aliphatic heterocycles. The molecule has 0 aliphatic carbocycles. The van der Waals surface area contributed by atoms with Gasteiger partial charge in [0, 0.05) is 0 Å². The van der Waals surface area contributed by atoms with Gasteiger partial charge in [0.2, 0.25) is 0 Å². The molecule has 2 atom stereocenters. The summed E-state index contributed by atoms with van der Waals surface area (Å²) in [6.45, 7) is 6.90. The Hall–Kier alpha value is -2.38. The summed E-state index contributed by atoms with van der Waals surface area (Å²) in [5.74, 6) is 0.648. The Bertz CT molecular complexity index is 1270. The molecule has 8 heteroatoms. The van der Waals surface area contributed by atoms with Gasteiger partial charge in [-0.3, -0.25) is 0 Å². The molecule has 2 saturated heterocycles. The van der Waals surface area contributed by atoms with E-state index in [1.807, 2.05) is 30.3 Å². The van der Waals surface area contributed by atoms with E-state index in [2.05, 4.69) is 45.1 Å². The van der Waals surface area contributed by atoms with Crippen LogP contribution in [-0.4, -0.2) is 51.3 Å². The summed E-state index contributed by atoms with van der Waals surface area (Å²) in [5.41, 5.74) is 4.36. The molecule has 1 aromatic heterocycles. The molecule has 2 fully saturated rings. The SMILES string of the molecule is CC(C)(O)COc1ccc(N2CCN(Cc3ccc(C#N)cn3)C[C@H]2c2ccc(C3C[I-]3)cc2)c(Cl)c1. The molecular weight excluding hydrogens is 599 g/mol. The maximum atomic E-state index is 9.99. The van der Waals surface area contributed by atoms with E-state index in [0.29, 0.717) is 37.5 Å². The Kier molecular flexibility index (Phi) is 7.91. The van der Waals surface area contributed by atoms with Gasteiger partial charge in [-0.25, -0.2) is 0 Å². The molecule has 3 heterocycles. The summed E-state index contributed by atoms with van der Waals surface area (Å²) in [7, 11) is 0. The Morgan fingerprint density at radius 1 is 1.14 bits per heavy atom. The van der Waals surface area contributed by atoms with E-state index >= 15 is 0 Å². The van der Waals surface area contributed by atoms with Crippen LogP contribution in [0.15, 0.2) is 60.8 Å². The predicted molar refractivity (Wildman–Crippen MR) is 142 cm³/mol. The van der Waals surface area contributed by atoms with Gasteiger partial charge in [0.1, 0.15) is 12.7 Å². The molecule has 0 saturated carbocycles. The van der Waals surface area contributed by atoms with E-state index in [1.54, 1.807) is 20.0 Å². The van der Waals surface area contributed by atoms with Crippen LogP contribution in [0, 0.1) is 11.3 Å². The Morgan fingerprint density at radius 3 is 2.51 bits per heavy atom. The second-order valence-electron chi connectivity index (χ2n) is 10.3. The van der Waals surface area contributed by atoms with Crippen LogP contribution in [0.25, 0.3) is 0 Å². The minimum absolute atomic E-state index is 0.135. The summed E-state index contributed by atoms with van der Waals surface area (Å²) in [6, 6.07) is 21.0. The number of benzene rings is 2. The first kappa shape index (κ1) is 26.2. The Labute approximate surface area is 234 Å². The van der Waals surface area contributed by atoms with E-state index < -0.39 is 5.60 Å². The van der Waals surface area contributed by atoms with Gasteiger partial charge in [0.25, 0.3) is 0 Å². The monoisotopic (exact) mass is 629 g/mol. The fourth-order valence-electron chi connectivity index (χ4n) is 4.59. The topological polar surface area (TPSA) is 72.6 Å². The number of pyridine rings is 1. The number of nitriles is 1. The summed E-state index contributed by atoms with van der Waals surface area (Å²) in [4.78, 5) is 9.30. The first-order valence-corrected chi connectivity index (χ1v) is 15.6. The van der Waals surface area contributed by atoms with Crippen LogP contribution in [-0.2, 0) is 6.54 Å². The number of hydrogen-bond acceptors (Lipinski definition) is 6. The standard InChI is InChI=1S/C29H31ClIN4O2/c1-29(2,36)19-37-24-9-10-27(25(30)13-24)35-12-11-34(17-23-8-3-20(15-32)16-33-23)18-28(35)22-6-4-21(5-7-22)26-14-31-26/h3-10,13,16,26,28,36H,11-12,14,17-19H2,1-2H3/q-1/t26?,28-/m0/s1. The first-order valence-electron chi connectivity index (χ1n) is 12.5. The molecule has 194 valence electrons. The number of nitrogens with zero attached hydrogens (tertiary/aromatic N) is 4. The summed E-state index contributed by atoms with van der Waals surface area (Å²) >= 11 is 7.18. The molecule has 3 aromatic rings. The van der Waals surface area contributed by atoms with E-state index in [9.17, 15) is 5.11 Å². The zero-order chi connectivity index (χ0) is 26.0. The van der Waals surface area contributed by atoms with Crippen molar-refractivity contribution in [2.75, 3.05) is 35.6 Å². The Balaban J connectivity index is 1.38. The van der Waals surface area contributed by atoms with Crippen LogP contribution >= 0.6 is 11.6 Å². The summed E-state index contributed by atoms with van der Waals surface area (Å²) < 4.78 is 7.99. The van der Waals surface area contributed by atoms with Crippen molar-refractivity contribution in [1.82, 2.24) is 9.88 Å². The second-order valence-corrected chi connectivity index (χ2v) is 13.9. The van der Waals surface area contributed by atoms with Crippen molar-refractivity contribution in [3.05, 3.63) is 88.2 Å². The van der Waals surface area contributed by atoms with Crippen molar-refractivity contribution in [3.8, 4) is 11.8 Å². The normalized spacial score (nSPS) is 20.1. The van der Waals surface area contributed by atoms with Gasteiger partial charge >= 0.3 is 187 Å². The van der Waals surface area contributed by atoms with Crippen molar-refractivity contribution < 1.29 is 31.0 Å². The molecule has 2 aromatic carbocycles. The molecule has 5 rings (SSSR count). The van der Waals surface area contributed by atoms with Gasteiger partial charge in [0.05, 0.1) is 11.2 Å². The Morgan fingerprint density at radius 2 is 1.89 bits per heavy atom. The van der Waals surface area contributed by atoms with E-state index in [0.717, 1.165) is 41.5 Å². The molecule has 0 radical (unpaired) electrons. The van der Waals surface area contributed by atoms with Gasteiger partial charge in [0.15, 0.2) is 0 Å². The van der Waals surface area contributed by atoms with Gasteiger partial charge in [-0.2, -0.15) is 5.26 Å². The average Bonchev–Trinajstić information content (AvgIpc) is 3.74. The second kappa shape index (κ2) is 11.2. The van der Waals surface area contributed by atoms with Crippen LogP contribution in [0.5, 0.6) is 5.75 Å².